The maximum atomic E-state index is 12.3. The number of aromatic amines is 1. The Morgan fingerprint density at radius 3 is 2.87 bits per heavy atom. The summed E-state index contributed by atoms with van der Waals surface area (Å²) in [6, 6.07) is 15.4. The average Bonchev–Trinajstić information content (AvgIpc) is 3.24. The maximum absolute atomic E-state index is 12.3. The third-order valence-corrected chi connectivity index (χ3v) is 4.35. The van der Waals surface area contributed by atoms with E-state index in [1.165, 1.54) is 11.3 Å². The summed E-state index contributed by atoms with van der Waals surface area (Å²) < 4.78 is 0. The molecule has 5 nitrogen and oxygen atoms in total. The van der Waals surface area contributed by atoms with Gasteiger partial charge in [-0.15, -0.1) is 11.3 Å². The highest BCUT2D eigenvalue weighted by molar-refractivity contribution is 7.13. The summed E-state index contributed by atoms with van der Waals surface area (Å²) in [6.07, 6.45) is 1.74. The number of benzene rings is 2. The number of fused-ring (bicyclic) bond motifs is 1. The van der Waals surface area contributed by atoms with E-state index in [2.05, 4.69) is 20.5 Å². The molecule has 6 heteroatoms. The Hall–Kier alpha value is -2.99. The van der Waals surface area contributed by atoms with Crippen molar-refractivity contribution in [2.75, 3.05) is 5.32 Å². The predicted octanol–water partition coefficient (Wildman–Crippen LogP) is 3.94. The molecular formula is C17H12N4OS. The number of rotatable bonds is 3. The number of thiazole rings is 1. The van der Waals surface area contributed by atoms with Crippen LogP contribution in [-0.4, -0.2) is 21.1 Å². The topological polar surface area (TPSA) is 70.7 Å². The minimum Gasteiger partial charge on any atom is -0.321 e. The van der Waals surface area contributed by atoms with Crippen LogP contribution in [0.4, 0.5) is 5.69 Å². The first-order chi connectivity index (χ1) is 11.3. The summed E-state index contributed by atoms with van der Waals surface area (Å²) in [5, 5.41) is 13.3. The summed E-state index contributed by atoms with van der Waals surface area (Å²) in [5.74, 6) is -0.220. The van der Waals surface area contributed by atoms with Crippen molar-refractivity contribution in [2.45, 2.75) is 0 Å². The number of hydrogen-bond donors (Lipinski definition) is 2. The monoisotopic (exact) mass is 320 g/mol. The lowest BCUT2D eigenvalue weighted by atomic mass is 10.2. The largest absolute Gasteiger partial charge is 0.321 e. The highest BCUT2D eigenvalue weighted by Crippen LogP contribution is 2.24. The van der Waals surface area contributed by atoms with Crippen LogP contribution >= 0.6 is 11.3 Å². The molecule has 0 aliphatic rings. The maximum Gasteiger partial charge on any atom is 0.275 e. The Morgan fingerprint density at radius 2 is 2.00 bits per heavy atom. The molecule has 4 rings (SSSR count). The van der Waals surface area contributed by atoms with Gasteiger partial charge in [0, 0.05) is 22.0 Å². The van der Waals surface area contributed by atoms with Gasteiger partial charge in [0.15, 0.2) is 0 Å². The average molecular weight is 320 g/mol. The zero-order valence-electron chi connectivity index (χ0n) is 12.0. The van der Waals surface area contributed by atoms with Crippen LogP contribution in [0.2, 0.25) is 0 Å². The molecule has 2 aromatic heterocycles. The predicted molar refractivity (Wildman–Crippen MR) is 91.6 cm³/mol. The molecule has 0 atom stereocenters. The number of amides is 1. The number of nitrogens with zero attached hydrogens (tertiary/aromatic N) is 2. The second-order valence-corrected chi connectivity index (χ2v) is 5.89. The molecule has 0 radical (unpaired) electrons. The van der Waals surface area contributed by atoms with Gasteiger partial charge in [0.25, 0.3) is 5.91 Å². The molecule has 23 heavy (non-hydrogen) atoms. The Kier molecular flexibility index (Phi) is 3.36. The van der Waals surface area contributed by atoms with Crippen molar-refractivity contribution in [1.29, 1.82) is 0 Å². The Morgan fingerprint density at radius 1 is 1.13 bits per heavy atom. The van der Waals surface area contributed by atoms with Gasteiger partial charge in [0.2, 0.25) is 0 Å². The van der Waals surface area contributed by atoms with Crippen LogP contribution in [0.25, 0.3) is 21.5 Å². The highest BCUT2D eigenvalue weighted by Gasteiger charge is 2.12. The number of carbonyl (C=O) groups excluding carboxylic acids is 1. The zero-order valence-corrected chi connectivity index (χ0v) is 12.8. The molecule has 0 saturated carbocycles. The minimum absolute atomic E-state index is 0.220. The lowest BCUT2D eigenvalue weighted by Gasteiger charge is -2.03. The lowest BCUT2D eigenvalue weighted by molar-refractivity contribution is 0.102. The SMILES string of the molecule is O=C(Nc1ccc2cn[nH]c2c1)c1csc(-c2ccccc2)n1. The number of nitrogens with one attached hydrogen (secondary N) is 2. The van der Waals surface area contributed by atoms with Gasteiger partial charge in [-0.3, -0.25) is 9.89 Å². The molecule has 0 fully saturated rings. The van der Waals surface area contributed by atoms with E-state index in [1.807, 2.05) is 48.5 Å². The van der Waals surface area contributed by atoms with Gasteiger partial charge in [-0.1, -0.05) is 30.3 Å². The standard InChI is InChI=1S/C17H12N4OS/c22-16(19-13-7-6-12-9-18-21-14(12)8-13)15-10-23-17(20-15)11-4-2-1-3-5-11/h1-10H,(H,18,21)(H,19,22). The van der Waals surface area contributed by atoms with Crippen LogP contribution in [0.5, 0.6) is 0 Å². The van der Waals surface area contributed by atoms with Gasteiger partial charge in [-0.05, 0) is 18.2 Å². The summed E-state index contributed by atoms with van der Waals surface area (Å²) in [7, 11) is 0. The lowest BCUT2D eigenvalue weighted by Crippen LogP contribution is -2.12. The van der Waals surface area contributed by atoms with Gasteiger partial charge in [0.05, 0.1) is 11.7 Å². The summed E-state index contributed by atoms with van der Waals surface area (Å²) in [5.41, 5.74) is 3.01. The van der Waals surface area contributed by atoms with Gasteiger partial charge in [0.1, 0.15) is 10.7 Å². The van der Waals surface area contributed by atoms with Crippen LogP contribution in [0.15, 0.2) is 60.1 Å². The number of anilines is 1. The van der Waals surface area contributed by atoms with Crippen LogP contribution in [-0.2, 0) is 0 Å². The molecule has 1 amide bonds. The van der Waals surface area contributed by atoms with E-state index in [0.717, 1.165) is 21.5 Å². The molecule has 4 aromatic rings. The van der Waals surface area contributed by atoms with E-state index in [-0.39, 0.29) is 5.91 Å². The van der Waals surface area contributed by atoms with E-state index in [1.54, 1.807) is 11.6 Å². The van der Waals surface area contributed by atoms with Crippen molar-refractivity contribution in [3.05, 3.63) is 65.8 Å². The summed E-state index contributed by atoms with van der Waals surface area (Å²) in [6.45, 7) is 0. The van der Waals surface area contributed by atoms with E-state index >= 15 is 0 Å². The van der Waals surface area contributed by atoms with Crippen molar-refractivity contribution < 1.29 is 4.79 Å². The van der Waals surface area contributed by atoms with Crippen LogP contribution in [0, 0.1) is 0 Å². The number of carbonyl (C=O) groups is 1. The molecular weight excluding hydrogens is 308 g/mol. The fourth-order valence-corrected chi connectivity index (χ4v) is 3.11. The Labute approximate surface area is 136 Å². The van der Waals surface area contributed by atoms with Crippen molar-refractivity contribution in [3.63, 3.8) is 0 Å². The van der Waals surface area contributed by atoms with Crippen LogP contribution < -0.4 is 5.32 Å². The van der Waals surface area contributed by atoms with Crippen LogP contribution in [0.3, 0.4) is 0 Å². The molecule has 2 N–H and O–H groups in total. The molecule has 0 aliphatic carbocycles. The van der Waals surface area contributed by atoms with Crippen LogP contribution in [0.1, 0.15) is 10.5 Å². The van der Waals surface area contributed by atoms with Gasteiger partial charge in [-0.2, -0.15) is 5.10 Å². The van der Waals surface area contributed by atoms with E-state index in [0.29, 0.717) is 11.4 Å². The van der Waals surface area contributed by atoms with E-state index in [9.17, 15) is 4.79 Å². The quantitative estimate of drug-likeness (QED) is 0.600. The minimum atomic E-state index is -0.220. The first-order valence-electron chi connectivity index (χ1n) is 7.05. The fourth-order valence-electron chi connectivity index (χ4n) is 2.30. The first-order valence-corrected chi connectivity index (χ1v) is 7.93. The molecule has 0 spiro atoms. The second kappa shape index (κ2) is 5.66. The van der Waals surface area contributed by atoms with Crippen molar-refractivity contribution in [2.24, 2.45) is 0 Å². The first kappa shape index (κ1) is 13.7. The molecule has 0 aliphatic heterocycles. The van der Waals surface area contributed by atoms with Crippen molar-refractivity contribution >= 4 is 33.8 Å². The van der Waals surface area contributed by atoms with Crippen molar-refractivity contribution in [3.8, 4) is 10.6 Å². The number of hydrogen-bond acceptors (Lipinski definition) is 4. The highest BCUT2D eigenvalue weighted by atomic mass is 32.1. The summed E-state index contributed by atoms with van der Waals surface area (Å²) in [4.78, 5) is 16.8. The molecule has 0 unspecified atom stereocenters. The number of H-pyrrole nitrogens is 1. The molecule has 2 heterocycles. The normalized spacial score (nSPS) is 10.8. The second-order valence-electron chi connectivity index (χ2n) is 5.03. The third-order valence-electron chi connectivity index (χ3n) is 3.46. The molecule has 0 saturated heterocycles. The van der Waals surface area contributed by atoms with Gasteiger partial charge >= 0.3 is 0 Å². The summed E-state index contributed by atoms with van der Waals surface area (Å²) >= 11 is 1.46. The Bertz CT molecular complexity index is 974. The molecule has 2 aromatic carbocycles. The van der Waals surface area contributed by atoms with Gasteiger partial charge < -0.3 is 5.32 Å². The van der Waals surface area contributed by atoms with Crippen molar-refractivity contribution in [1.82, 2.24) is 15.2 Å². The fraction of sp³-hybridized carbons (Fsp3) is 0. The zero-order chi connectivity index (χ0) is 15.6. The molecule has 112 valence electrons. The van der Waals surface area contributed by atoms with E-state index < -0.39 is 0 Å². The van der Waals surface area contributed by atoms with Gasteiger partial charge in [-0.25, -0.2) is 4.98 Å². The third kappa shape index (κ3) is 2.72. The molecule has 0 bridgehead atoms. The smallest absolute Gasteiger partial charge is 0.275 e. The van der Waals surface area contributed by atoms with E-state index in [4.69, 9.17) is 0 Å². The Balaban J connectivity index is 1.56. The number of aromatic nitrogens is 3.